The molecule has 4 heteroatoms. The first kappa shape index (κ1) is 13.4. The first-order valence-corrected chi connectivity index (χ1v) is 6.41. The molecule has 0 aliphatic carbocycles. The number of nitriles is 1. The Morgan fingerprint density at radius 3 is 3.00 bits per heavy atom. The van der Waals surface area contributed by atoms with E-state index >= 15 is 0 Å². The second kappa shape index (κ2) is 5.31. The highest BCUT2D eigenvalue weighted by molar-refractivity contribution is 5.79. The van der Waals surface area contributed by atoms with E-state index in [-0.39, 0.29) is 12.5 Å². The zero-order valence-electron chi connectivity index (χ0n) is 11.2. The van der Waals surface area contributed by atoms with Crippen LogP contribution in [-0.2, 0) is 9.53 Å². The number of carbonyl (C=O) groups is 1. The standard InChI is InChI=1S/C15H17NO3/c1-3-18-14(17)15(2,10-16)8-11-9-19-13-7-5-4-6-12(11)13/h4-7,11H,3,8-9H2,1-2H3. The molecule has 0 amide bonds. The number of nitrogens with zero attached hydrogens (tertiary/aromatic N) is 1. The van der Waals surface area contributed by atoms with Crippen molar-refractivity contribution in [2.24, 2.45) is 5.41 Å². The van der Waals surface area contributed by atoms with Crippen molar-refractivity contribution < 1.29 is 14.3 Å². The van der Waals surface area contributed by atoms with Gasteiger partial charge in [-0.3, -0.25) is 4.79 Å². The van der Waals surface area contributed by atoms with Crippen molar-refractivity contribution in [2.45, 2.75) is 26.2 Å². The number of hydrogen-bond donors (Lipinski definition) is 0. The minimum Gasteiger partial charge on any atom is -0.493 e. The molecule has 19 heavy (non-hydrogen) atoms. The molecule has 1 aromatic carbocycles. The molecule has 100 valence electrons. The van der Waals surface area contributed by atoms with Crippen molar-refractivity contribution in [1.82, 2.24) is 0 Å². The Labute approximate surface area is 112 Å². The van der Waals surface area contributed by atoms with E-state index in [2.05, 4.69) is 6.07 Å². The van der Waals surface area contributed by atoms with Crippen molar-refractivity contribution in [1.29, 1.82) is 5.26 Å². The van der Waals surface area contributed by atoms with E-state index < -0.39 is 11.4 Å². The van der Waals surface area contributed by atoms with Gasteiger partial charge in [-0.15, -0.1) is 0 Å². The molecule has 0 saturated heterocycles. The van der Waals surface area contributed by atoms with Crippen LogP contribution >= 0.6 is 0 Å². The van der Waals surface area contributed by atoms with Crippen LogP contribution in [0, 0.1) is 16.7 Å². The van der Waals surface area contributed by atoms with E-state index in [1.165, 1.54) is 0 Å². The molecule has 2 atom stereocenters. The molecule has 0 saturated carbocycles. The van der Waals surface area contributed by atoms with Gasteiger partial charge in [0, 0.05) is 11.5 Å². The summed E-state index contributed by atoms with van der Waals surface area (Å²) >= 11 is 0. The van der Waals surface area contributed by atoms with Crippen LogP contribution in [-0.4, -0.2) is 19.2 Å². The fraction of sp³-hybridized carbons (Fsp3) is 0.467. The summed E-state index contributed by atoms with van der Waals surface area (Å²) in [5, 5.41) is 9.30. The summed E-state index contributed by atoms with van der Waals surface area (Å²) in [6, 6.07) is 9.83. The molecule has 0 spiro atoms. The first-order chi connectivity index (χ1) is 9.10. The Balaban J connectivity index is 2.17. The molecule has 0 N–H and O–H groups in total. The largest absolute Gasteiger partial charge is 0.493 e. The molecule has 2 rings (SSSR count). The molecule has 2 unspecified atom stereocenters. The van der Waals surface area contributed by atoms with Crippen molar-refractivity contribution >= 4 is 5.97 Å². The van der Waals surface area contributed by atoms with Gasteiger partial charge in [0.1, 0.15) is 5.75 Å². The molecule has 1 aliphatic rings. The number of fused-ring (bicyclic) bond motifs is 1. The second-order valence-electron chi connectivity index (χ2n) is 4.91. The second-order valence-corrected chi connectivity index (χ2v) is 4.91. The van der Waals surface area contributed by atoms with Gasteiger partial charge in [-0.25, -0.2) is 0 Å². The molecule has 0 fully saturated rings. The Kier molecular flexibility index (Phi) is 3.75. The van der Waals surface area contributed by atoms with Crippen LogP contribution in [0.3, 0.4) is 0 Å². The van der Waals surface area contributed by atoms with Crippen molar-refractivity contribution in [2.75, 3.05) is 13.2 Å². The van der Waals surface area contributed by atoms with Gasteiger partial charge in [-0.1, -0.05) is 18.2 Å². The summed E-state index contributed by atoms with van der Waals surface area (Å²) in [5.74, 6) is 0.448. The third-order valence-corrected chi connectivity index (χ3v) is 3.43. The predicted octanol–water partition coefficient (Wildman–Crippen LogP) is 2.65. The molecule has 1 aromatic rings. The topological polar surface area (TPSA) is 59.3 Å². The van der Waals surface area contributed by atoms with E-state index in [4.69, 9.17) is 9.47 Å². The van der Waals surface area contributed by atoms with E-state index in [1.54, 1.807) is 13.8 Å². The molecular weight excluding hydrogens is 242 g/mol. The first-order valence-electron chi connectivity index (χ1n) is 6.41. The Bertz CT molecular complexity index is 520. The molecule has 0 aromatic heterocycles. The van der Waals surface area contributed by atoms with Crippen molar-refractivity contribution in [3.8, 4) is 11.8 Å². The number of rotatable bonds is 4. The lowest BCUT2D eigenvalue weighted by Crippen LogP contribution is -2.30. The SMILES string of the molecule is CCOC(=O)C(C)(C#N)CC1COc2ccccc21. The third kappa shape index (κ3) is 2.55. The van der Waals surface area contributed by atoms with Crippen LogP contribution in [0.4, 0.5) is 0 Å². The summed E-state index contributed by atoms with van der Waals surface area (Å²) < 4.78 is 10.6. The smallest absolute Gasteiger partial charge is 0.326 e. The fourth-order valence-electron chi connectivity index (χ4n) is 2.36. The van der Waals surface area contributed by atoms with E-state index in [0.29, 0.717) is 13.0 Å². The summed E-state index contributed by atoms with van der Waals surface area (Å²) in [4.78, 5) is 11.9. The molecule has 1 heterocycles. The lowest BCUT2D eigenvalue weighted by atomic mass is 9.80. The molecule has 4 nitrogen and oxygen atoms in total. The van der Waals surface area contributed by atoms with Crippen LogP contribution in [0.1, 0.15) is 31.7 Å². The van der Waals surface area contributed by atoms with Gasteiger partial charge >= 0.3 is 5.97 Å². The van der Waals surface area contributed by atoms with Crippen LogP contribution in [0.5, 0.6) is 5.75 Å². The predicted molar refractivity (Wildman–Crippen MR) is 69.6 cm³/mol. The molecule has 1 aliphatic heterocycles. The minimum atomic E-state index is -1.12. The number of esters is 1. The summed E-state index contributed by atoms with van der Waals surface area (Å²) in [7, 11) is 0. The summed E-state index contributed by atoms with van der Waals surface area (Å²) in [5.41, 5.74) is -0.0603. The quantitative estimate of drug-likeness (QED) is 0.780. The highest BCUT2D eigenvalue weighted by Crippen LogP contribution is 2.40. The molecule has 0 bridgehead atoms. The maximum atomic E-state index is 11.9. The zero-order chi connectivity index (χ0) is 13.9. The lowest BCUT2D eigenvalue weighted by Gasteiger charge is -2.22. The Morgan fingerprint density at radius 1 is 1.58 bits per heavy atom. The highest BCUT2D eigenvalue weighted by atomic mass is 16.5. The third-order valence-electron chi connectivity index (χ3n) is 3.43. The normalized spacial score (nSPS) is 19.7. The Morgan fingerprint density at radius 2 is 2.32 bits per heavy atom. The van der Waals surface area contributed by atoms with Crippen LogP contribution < -0.4 is 4.74 Å². The minimum absolute atomic E-state index is 0.0604. The van der Waals surface area contributed by atoms with Crippen LogP contribution in [0.25, 0.3) is 0 Å². The summed E-state index contributed by atoms with van der Waals surface area (Å²) in [6.07, 6.45) is 0.416. The van der Waals surface area contributed by atoms with Crippen LogP contribution in [0.2, 0.25) is 0 Å². The average molecular weight is 259 g/mol. The number of carbonyl (C=O) groups excluding carboxylic acids is 1. The van der Waals surface area contributed by atoms with Crippen molar-refractivity contribution in [3.63, 3.8) is 0 Å². The molecule has 0 radical (unpaired) electrons. The molecular formula is C15H17NO3. The Hall–Kier alpha value is -2.02. The zero-order valence-corrected chi connectivity index (χ0v) is 11.2. The fourth-order valence-corrected chi connectivity index (χ4v) is 2.36. The van der Waals surface area contributed by atoms with Gasteiger partial charge in [0.2, 0.25) is 0 Å². The van der Waals surface area contributed by atoms with Crippen LogP contribution in [0.15, 0.2) is 24.3 Å². The van der Waals surface area contributed by atoms with Gasteiger partial charge in [-0.05, 0) is 26.3 Å². The van der Waals surface area contributed by atoms with Gasteiger partial charge in [0.15, 0.2) is 5.41 Å². The lowest BCUT2D eigenvalue weighted by molar-refractivity contribution is -0.151. The van der Waals surface area contributed by atoms with E-state index in [1.807, 2.05) is 24.3 Å². The number of hydrogen-bond acceptors (Lipinski definition) is 4. The highest BCUT2D eigenvalue weighted by Gasteiger charge is 2.40. The number of para-hydroxylation sites is 1. The van der Waals surface area contributed by atoms with Crippen molar-refractivity contribution in [3.05, 3.63) is 29.8 Å². The maximum Gasteiger partial charge on any atom is 0.326 e. The van der Waals surface area contributed by atoms with Gasteiger partial charge < -0.3 is 9.47 Å². The monoisotopic (exact) mass is 259 g/mol. The summed E-state index contributed by atoms with van der Waals surface area (Å²) in [6.45, 7) is 4.17. The number of ether oxygens (including phenoxy) is 2. The van der Waals surface area contributed by atoms with Gasteiger partial charge in [0.25, 0.3) is 0 Å². The maximum absolute atomic E-state index is 11.9. The number of benzene rings is 1. The average Bonchev–Trinajstić information content (AvgIpc) is 2.82. The van der Waals surface area contributed by atoms with Gasteiger partial charge in [-0.2, -0.15) is 5.26 Å². The van der Waals surface area contributed by atoms with E-state index in [0.717, 1.165) is 11.3 Å². The van der Waals surface area contributed by atoms with Gasteiger partial charge in [0.05, 0.1) is 19.3 Å². The van der Waals surface area contributed by atoms with E-state index in [9.17, 15) is 10.1 Å².